The molecule has 1 saturated heterocycles. The van der Waals surface area contributed by atoms with Gasteiger partial charge in [-0.25, -0.2) is 19.7 Å². The van der Waals surface area contributed by atoms with Crippen LogP contribution in [0.4, 0.5) is 5.95 Å². The zero-order valence-corrected chi connectivity index (χ0v) is 17.4. The second-order valence-corrected chi connectivity index (χ2v) is 7.17. The summed E-state index contributed by atoms with van der Waals surface area (Å²) in [6.45, 7) is 3.94. The Balaban J connectivity index is 1.80. The van der Waals surface area contributed by atoms with E-state index in [9.17, 15) is 9.59 Å². The van der Waals surface area contributed by atoms with Crippen molar-refractivity contribution in [2.45, 2.75) is 13.0 Å². The van der Waals surface area contributed by atoms with Crippen LogP contribution in [0.5, 0.6) is 0 Å². The lowest BCUT2D eigenvalue weighted by atomic mass is 10.2. The number of nitrogens with zero attached hydrogens (tertiary/aromatic N) is 6. The highest BCUT2D eigenvalue weighted by Crippen LogP contribution is 2.23. The van der Waals surface area contributed by atoms with E-state index in [4.69, 9.17) is 5.26 Å². The van der Waals surface area contributed by atoms with Gasteiger partial charge in [0, 0.05) is 51.1 Å². The highest BCUT2D eigenvalue weighted by atomic mass is 32.1. The molecule has 1 atom stereocenters. The van der Waals surface area contributed by atoms with E-state index in [1.165, 1.54) is 23.0 Å². The predicted octanol–water partition coefficient (Wildman–Crippen LogP) is 1.09. The second-order valence-electron chi connectivity index (χ2n) is 6.72. The molecule has 0 bridgehead atoms. The van der Waals surface area contributed by atoms with Crippen LogP contribution in [0.3, 0.4) is 0 Å². The minimum atomic E-state index is -0.860. The molecule has 1 aliphatic rings. The second kappa shape index (κ2) is 9.55. The maximum absolute atomic E-state index is 12.5. The van der Waals surface area contributed by atoms with Crippen molar-refractivity contribution in [3.05, 3.63) is 58.3 Å². The van der Waals surface area contributed by atoms with Crippen molar-refractivity contribution in [3.8, 4) is 11.4 Å². The maximum atomic E-state index is 12.5. The fourth-order valence-corrected chi connectivity index (χ4v) is 3.44. The van der Waals surface area contributed by atoms with Crippen LogP contribution in [0.15, 0.2) is 52.7 Å². The van der Waals surface area contributed by atoms with Gasteiger partial charge in [-0.3, -0.25) is 14.2 Å². The summed E-state index contributed by atoms with van der Waals surface area (Å²) in [6.07, 6.45) is 7.22. The molecule has 0 radical (unpaired) electrons. The molecule has 30 heavy (non-hydrogen) atoms. The normalized spacial score (nSPS) is 17.5. The number of carbonyl (C=O) groups is 1. The molecule has 0 spiro atoms. The van der Waals surface area contributed by atoms with Gasteiger partial charge in [0.1, 0.15) is 6.33 Å². The van der Waals surface area contributed by atoms with E-state index in [1.54, 1.807) is 25.4 Å². The molecule has 0 amide bonds. The molecule has 2 aromatic rings. The van der Waals surface area contributed by atoms with Gasteiger partial charge in [-0.1, -0.05) is 6.08 Å². The number of hydrogen-bond acceptors (Lipinski definition) is 10. The van der Waals surface area contributed by atoms with E-state index in [2.05, 4.69) is 37.4 Å². The number of carbonyl (C=O) groups excluding carboxylic acids is 1. The number of thiol groups is 1. The number of aromatic nitrogens is 4. The van der Waals surface area contributed by atoms with Crippen molar-refractivity contribution < 1.29 is 14.9 Å². The fourth-order valence-electron chi connectivity index (χ4n) is 3.17. The lowest BCUT2D eigenvalue weighted by Gasteiger charge is -2.41. The van der Waals surface area contributed by atoms with Gasteiger partial charge in [-0.15, -0.1) is 12.6 Å². The zero-order valence-electron chi connectivity index (χ0n) is 16.5. The number of rotatable bonds is 5. The lowest BCUT2D eigenvalue weighted by Crippen LogP contribution is -2.52. The van der Waals surface area contributed by atoms with Crippen LogP contribution in [0.2, 0.25) is 0 Å². The number of anilines is 1. The van der Waals surface area contributed by atoms with Gasteiger partial charge in [-0.2, -0.15) is 5.26 Å². The van der Waals surface area contributed by atoms with E-state index >= 15 is 0 Å². The standard InChI is InChI=1S/C19H22N6O4S/c1-13-11-24(17(30)4-3-5-18(27)29-28)8-9-25(13)19-22-15(10-16(26)23(19)2)14-6-7-20-12-21-14/h3-7,10,12-13,28,30H,8-9,11H2,1-2H3/b5-3+,17-4-. The number of hydrogen-bond donors (Lipinski definition) is 2. The van der Waals surface area contributed by atoms with Gasteiger partial charge in [0.15, 0.2) is 0 Å². The summed E-state index contributed by atoms with van der Waals surface area (Å²) >= 11 is 4.48. The molecule has 1 fully saturated rings. The van der Waals surface area contributed by atoms with Crippen molar-refractivity contribution in [1.29, 1.82) is 0 Å². The van der Waals surface area contributed by atoms with E-state index in [0.717, 1.165) is 6.08 Å². The molecular weight excluding hydrogens is 408 g/mol. The third-order valence-corrected chi connectivity index (χ3v) is 5.16. The van der Waals surface area contributed by atoms with Crippen molar-refractivity contribution in [1.82, 2.24) is 24.4 Å². The summed E-state index contributed by atoms with van der Waals surface area (Å²) in [4.78, 5) is 43.9. The molecule has 10 nitrogen and oxygen atoms in total. The minimum absolute atomic E-state index is 0.0411. The van der Waals surface area contributed by atoms with Gasteiger partial charge in [-0.05, 0) is 19.1 Å². The number of allylic oxidation sites excluding steroid dienone is 2. The highest BCUT2D eigenvalue weighted by molar-refractivity contribution is 7.84. The summed E-state index contributed by atoms with van der Waals surface area (Å²) in [5.41, 5.74) is 0.920. The Kier molecular flexibility index (Phi) is 6.85. The monoisotopic (exact) mass is 430 g/mol. The molecule has 0 aromatic carbocycles. The summed E-state index contributed by atoms with van der Waals surface area (Å²) in [6, 6.07) is 3.22. The van der Waals surface area contributed by atoms with Crippen LogP contribution in [-0.4, -0.2) is 61.3 Å². The van der Waals surface area contributed by atoms with Gasteiger partial charge in [0.05, 0.1) is 16.4 Å². The third kappa shape index (κ3) is 4.86. The molecule has 1 aliphatic heterocycles. The molecule has 11 heteroatoms. The first-order chi connectivity index (χ1) is 14.4. The van der Waals surface area contributed by atoms with E-state index in [1.807, 2.05) is 11.8 Å². The topological polar surface area (TPSA) is 114 Å². The largest absolute Gasteiger partial charge is 0.365 e. The van der Waals surface area contributed by atoms with Crippen LogP contribution in [0, 0.1) is 0 Å². The molecule has 0 saturated carbocycles. The Morgan fingerprint density at radius 3 is 2.83 bits per heavy atom. The van der Waals surface area contributed by atoms with E-state index in [0.29, 0.717) is 42.0 Å². The molecule has 1 unspecified atom stereocenters. The highest BCUT2D eigenvalue weighted by Gasteiger charge is 2.27. The predicted molar refractivity (Wildman–Crippen MR) is 114 cm³/mol. The molecular formula is C19H22N6O4S. The fraction of sp³-hybridized carbons (Fsp3) is 0.316. The van der Waals surface area contributed by atoms with Crippen molar-refractivity contribution in [2.24, 2.45) is 7.05 Å². The van der Waals surface area contributed by atoms with Crippen molar-refractivity contribution in [3.63, 3.8) is 0 Å². The van der Waals surface area contributed by atoms with Crippen LogP contribution in [0.1, 0.15) is 6.92 Å². The molecule has 158 valence electrons. The summed E-state index contributed by atoms with van der Waals surface area (Å²) in [7, 11) is 1.70. The molecule has 2 aromatic heterocycles. The maximum Gasteiger partial charge on any atom is 0.365 e. The van der Waals surface area contributed by atoms with Gasteiger partial charge < -0.3 is 9.80 Å². The van der Waals surface area contributed by atoms with Gasteiger partial charge in [0.2, 0.25) is 5.95 Å². The van der Waals surface area contributed by atoms with E-state index in [-0.39, 0.29) is 11.6 Å². The minimum Gasteiger partial charge on any atom is -0.363 e. The smallest absolute Gasteiger partial charge is 0.363 e. The third-order valence-electron chi connectivity index (χ3n) is 4.73. The van der Waals surface area contributed by atoms with Crippen LogP contribution >= 0.6 is 12.6 Å². The SMILES string of the molecule is CC1CN(/C(S)=C/C=C/C(=O)OO)CCN1c1nc(-c2ccncn2)cc(=O)n1C. The Morgan fingerprint density at radius 1 is 1.37 bits per heavy atom. The van der Waals surface area contributed by atoms with Crippen molar-refractivity contribution in [2.75, 3.05) is 24.5 Å². The number of piperazine rings is 1. The Bertz CT molecular complexity index is 1020. The Hall–Kier alpha value is -3.18. The first kappa shape index (κ1) is 21.5. The Morgan fingerprint density at radius 2 is 2.17 bits per heavy atom. The van der Waals surface area contributed by atoms with Gasteiger partial charge in [0.25, 0.3) is 5.56 Å². The summed E-state index contributed by atoms with van der Waals surface area (Å²) in [5.74, 6) is -0.292. The first-order valence-corrected chi connectivity index (χ1v) is 9.64. The lowest BCUT2D eigenvalue weighted by molar-refractivity contribution is -0.228. The summed E-state index contributed by atoms with van der Waals surface area (Å²) < 4.78 is 1.53. The van der Waals surface area contributed by atoms with Gasteiger partial charge >= 0.3 is 5.97 Å². The zero-order chi connectivity index (χ0) is 21.7. The molecule has 3 heterocycles. The Labute approximate surface area is 178 Å². The molecule has 3 rings (SSSR count). The van der Waals surface area contributed by atoms with Crippen molar-refractivity contribution >= 4 is 24.5 Å². The average Bonchev–Trinajstić information content (AvgIpc) is 2.76. The van der Waals surface area contributed by atoms with Crippen LogP contribution in [-0.2, 0) is 16.7 Å². The first-order valence-electron chi connectivity index (χ1n) is 9.19. The van der Waals surface area contributed by atoms with Crippen LogP contribution in [0.25, 0.3) is 11.4 Å². The summed E-state index contributed by atoms with van der Waals surface area (Å²) in [5, 5.41) is 8.93. The molecule has 0 aliphatic carbocycles. The quantitative estimate of drug-likeness (QED) is 0.237. The molecule has 1 N–H and O–H groups in total. The van der Waals surface area contributed by atoms with E-state index < -0.39 is 5.97 Å². The average molecular weight is 430 g/mol. The van der Waals surface area contributed by atoms with Crippen LogP contribution < -0.4 is 10.5 Å².